The van der Waals surface area contributed by atoms with Crippen LogP contribution in [0.25, 0.3) is 0 Å². The summed E-state index contributed by atoms with van der Waals surface area (Å²) in [5, 5.41) is 11.4. The molecule has 0 spiro atoms. The first-order valence-electron chi connectivity index (χ1n) is 5.38. The summed E-state index contributed by atoms with van der Waals surface area (Å²) in [6, 6.07) is 5.49. The van der Waals surface area contributed by atoms with Gasteiger partial charge < -0.3 is 10.4 Å². The second kappa shape index (κ2) is 7.08. The van der Waals surface area contributed by atoms with Crippen molar-refractivity contribution >= 4 is 50.4 Å². The average Bonchev–Trinajstić information content (AvgIpc) is 2.31. The highest BCUT2D eigenvalue weighted by Crippen LogP contribution is 2.19. The molecule has 0 aromatic heterocycles. The molecule has 1 unspecified atom stereocenters. The van der Waals surface area contributed by atoms with E-state index in [0.717, 1.165) is 8.04 Å². The van der Waals surface area contributed by atoms with Crippen LogP contribution in [0.3, 0.4) is 0 Å². The number of nitrogens with one attached hydrogen (secondary N) is 1. The summed E-state index contributed by atoms with van der Waals surface area (Å²) in [6.45, 7) is 1.97. The van der Waals surface area contributed by atoms with Crippen LogP contribution in [-0.2, 0) is 4.79 Å². The zero-order valence-electron chi connectivity index (χ0n) is 9.74. The van der Waals surface area contributed by atoms with E-state index >= 15 is 0 Å². The molecule has 18 heavy (non-hydrogen) atoms. The van der Waals surface area contributed by atoms with Gasteiger partial charge in [-0.2, -0.15) is 0 Å². The summed E-state index contributed by atoms with van der Waals surface area (Å²) in [5.41, 5.74) is 0.560. The molecule has 1 aromatic rings. The molecular formula is C12H13BrINO3. The summed E-state index contributed by atoms with van der Waals surface area (Å²) < 4.78 is 1.70. The van der Waals surface area contributed by atoms with Crippen molar-refractivity contribution in [3.63, 3.8) is 0 Å². The van der Waals surface area contributed by atoms with Crippen molar-refractivity contribution in [2.45, 2.75) is 13.3 Å². The number of rotatable bonds is 5. The molecule has 0 fully saturated rings. The SMILES string of the molecule is CC(CCNC(=O)c1cc(I)ccc1Br)C(=O)O. The van der Waals surface area contributed by atoms with E-state index in [-0.39, 0.29) is 5.91 Å². The van der Waals surface area contributed by atoms with Crippen LogP contribution in [0.4, 0.5) is 0 Å². The first-order valence-corrected chi connectivity index (χ1v) is 7.25. The predicted molar refractivity (Wildman–Crippen MR) is 80.6 cm³/mol. The lowest BCUT2D eigenvalue weighted by molar-refractivity contribution is -0.141. The first-order chi connectivity index (χ1) is 8.41. The Labute approximate surface area is 127 Å². The maximum Gasteiger partial charge on any atom is 0.306 e. The van der Waals surface area contributed by atoms with Crippen molar-refractivity contribution in [2.24, 2.45) is 5.92 Å². The molecule has 2 N–H and O–H groups in total. The molecule has 0 heterocycles. The fourth-order valence-electron chi connectivity index (χ4n) is 1.29. The fourth-order valence-corrected chi connectivity index (χ4v) is 2.21. The van der Waals surface area contributed by atoms with Gasteiger partial charge >= 0.3 is 5.97 Å². The van der Waals surface area contributed by atoms with Gasteiger partial charge in [0.15, 0.2) is 0 Å². The number of carboxylic acids is 1. The lowest BCUT2D eigenvalue weighted by Crippen LogP contribution is -2.27. The van der Waals surface area contributed by atoms with Crippen LogP contribution in [0.15, 0.2) is 22.7 Å². The zero-order chi connectivity index (χ0) is 13.7. The van der Waals surface area contributed by atoms with E-state index in [2.05, 4.69) is 43.8 Å². The second-order valence-corrected chi connectivity index (χ2v) is 6.01. The Balaban J connectivity index is 2.55. The number of halogens is 2. The van der Waals surface area contributed by atoms with E-state index in [0.29, 0.717) is 18.5 Å². The molecule has 4 nitrogen and oxygen atoms in total. The highest BCUT2D eigenvalue weighted by Gasteiger charge is 2.13. The van der Waals surface area contributed by atoms with Gasteiger partial charge in [-0.05, 0) is 63.1 Å². The standard InChI is InChI=1S/C12H13BrINO3/c1-7(12(17)18)4-5-15-11(16)9-6-8(14)2-3-10(9)13/h2-3,6-7H,4-5H2,1H3,(H,15,16)(H,17,18). The van der Waals surface area contributed by atoms with E-state index in [1.165, 1.54) is 0 Å². The van der Waals surface area contributed by atoms with Gasteiger partial charge in [-0.3, -0.25) is 9.59 Å². The predicted octanol–water partition coefficient (Wildman–Crippen LogP) is 2.89. The minimum atomic E-state index is -0.848. The van der Waals surface area contributed by atoms with Crippen LogP contribution in [0, 0.1) is 9.49 Å². The topological polar surface area (TPSA) is 66.4 Å². The van der Waals surface area contributed by atoms with E-state index in [1.807, 2.05) is 12.1 Å². The molecule has 0 aliphatic carbocycles. The largest absolute Gasteiger partial charge is 0.481 e. The lowest BCUT2D eigenvalue weighted by atomic mass is 10.1. The number of aliphatic carboxylic acids is 1. The van der Waals surface area contributed by atoms with Crippen LogP contribution in [0.1, 0.15) is 23.7 Å². The molecular weight excluding hydrogens is 413 g/mol. The smallest absolute Gasteiger partial charge is 0.306 e. The fraction of sp³-hybridized carbons (Fsp3) is 0.333. The Bertz CT molecular complexity index is 465. The van der Waals surface area contributed by atoms with Gasteiger partial charge in [0.05, 0.1) is 11.5 Å². The quantitative estimate of drug-likeness (QED) is 0.713. The third-order valence-electron chi connectivity index (χ3n) is 2.46. The second-order valence-electron chi connectivity index (χ2n) is 3.91. The van der Waals surface area contributed by atoms with Gasteiger partial charge in [0, 0.05) is 14.6 Å². The van der Waals surface area contributed by atoms with Gasteiger partial charge in [0.25, 0.3) is 5.91 Å². The van der Waals surface area contributed by atoms with E-state index in [1.54, 1.807) is 13.0 Å². The van der Waals surface area contributed by atoms with Gasteiger partial charge in [-0.15, -0.1) is 0 Å². The van der Waals surface area contributed by atoms with Gasteiger partial charge in [-0.1, -0.05) is 6.92 Å². The molecule has 1 rings (SSSR count). The molecule has 0 saturated heterocycles. The number of hydrogen-bond acceptors (Lipinski definition) is 2. The van der Waals surface area contributed by atoms with Crippen molar-refractivity contribution in [2.75, 3.05) is 6.54 Å². The summed E-state index contributed by atoms with van der Waals surface area (Å²) in [6.07, 6.45) is 0.419. The van der Waals surface area contributed by atoms with Crippen LogP contribution >= 0.6 is 38.5 Å². The highest BCUT2D eigenvalue weighted by atomic mass is 127. The summed E-state index contributed by atoms with van der Waals surface area (Å²) in [7, 11) is 0. The molecule has 0 bridgehead atoms. The van der Waals surface area contributed by atoms with Crippen LogP contribution in [0.5, 0.6) is 0 Å². The average molecular weight is 426 g/mol. The Morgan fingerprint density at radius 3 is 2.78 bits per heavy atom. The maximum absolute atomic E-state index is 11.9. The number of carbonyl (C=O) groups excluding carboxylic acids is 1. The van der Waals surface area contributed by atoms with Crippen molar-refractivity contribution in [1.29, 1.82) is 0 Å². The number of hydrogen-bond donors (Lipinski definition) is 2. The molecule has 1 aromatic carbocycles. The third kappa shape index (κ3) is 4.56. The summed E-state index contributed by atoms with van der Waals surface area (Å²) in [5.74, 6) is -1.50. The van der Waals surface area contributed by atoms with Gasteiger partial charge in [0.1, 0.15) is 0 Å². The molecule has 0 aliphatic heterocycles. The Kier molecular flexibility index (Phi) is 6.07. The van der Waals surface area contributed by atoms with Gasteiger partial charge in [0.2, 0.25) is 0 Å². The van der Waals surface area contributed by atoms with Crippen molar-refractivity contribution < 1.29 is 14.7 Å². The molecule has 0 aliphatic rings. The summed E-state index contributed by atoms with van der Waals surface area (Å²) in [4.78, 5) is 22.5. The lowest BCUT2D eigenvalue weighted by Gasteiger charge is -2.09. The van der Waals surface area contributed by atoms with Crippen LogP contribution in [-0.4, -0.2) is 23.5 Å². The molecule has 98 valence electrons. The monoisotopic (exact) mass is 425 g/mol. The van der Waals surface area contributed by atoms with E-state index < -0.39 is 11.9 Å². The minimum Gasteiger partial charge on any atom is -0.481 e. The Morgan fingerprint density at radius 1 is 1.50 bits per heavy atom. The maximum atomic E-state index is 11.9. The van der Waals surface area contributed by atoms with Crippen molar-refractivity contribution in [1.82, 2.24) is 5.32 Å². The molecule has 6 heteroatoms. The first kappa shape index (κ1) is 15.4. The Morgan fingerprint density at radius 2 is 2.17 bits per heavy atom. The van der Waals surface area contributed by atoms with Crippen molar-refractivity contribution in [3.8, 4) is 0 Å². The van der Waals surface area contributed by atoms with Crippen LogP contribution in [0.2, 0.25) is 0 Å². The minimum absolute atomic E-state index is 0.196. The molecule has 0 saturated carbocycles. The Hall–Kier alpha value is -0.630. The number of benzene rings is 1. The molecule has 0 radical (unpaired) electrons. The normalized spacial score (nSPS) is 11.9. The van der Waals surface area contributed by atoms with E-state index in [9.17, 15) is 9.59 Å². The molecule has 1 atom stereocenters. The van der Waals surface area contributed by atoms with Gasteiger partial charge in [-0.25, -0.2) is 0 Å². The number of carboxylic acid groups (broad SMARTS) is 1. The molecule has 1 amide bonds. The van der Waals surface area contributed by atoms with E-state index in [4.69, 9.17) is 5.11 Å². The number of amides is 1. The third-order valence-corrected chi connectivity index (χ3v) is 3.82. The van der Waals surface area contributed by atoms with Crippen LogP contribution < -0.4 is 5.32 Å². The zero-order valence-corrected chi connectivity index (χ0v) is 13.5. The van der Waals surface area contributed by atoms with Crippen molar-refractivity contribution in [3.05, 3.63) is 31.8 Å². The number of carbonyl (C=O) groups is 2. The highest BCUT2D eigenvalue weighted by molar-refractivity contribution is 14.1. The summed E-state index contributed by atoms with van der Waals surface area (Å²) >= 11 is 5.45.